The summed E-state index contributed by atoms with van der Waals surface area (Å²) >= 11 is 2.84. The second-order valence-electron chi connectivity index (χ2n) is 1.78. The summed E-state index contributed by atoms with van der Waals surface area (Å²) in [5.41, 5.74) is 7.78. The van der Waals surface area contributed by atoms with Crippen LogP contribution in [-0.4, -0.2) is 16.2 Å². The van der Waals surface area contributed by atoms with E-state index in [4.69, 9.17) is 5.53 Å². The van der Waals surface area contributed by atoms with E-state index in [2.05, 4.69) is 27.4 Å². The second kappa shape index (κ2) is 6.46. The summed E-state index contributed by atoms with van der Waals surface area (Å²) in [6.45, 7) is 2.67. The van der Waals surface area contributed by atoms with Crippen LogP contribution in [0.15, 0.2) is 30.3 Å². The van der Waals surface area contributed by atoms with E-state index in [1.807, 2.05) is 18.2 Å². The van der Waals surface area contributed by atoms with Crippen LogP contribution in [0.5, 0.6) is 0 Å². The molecule has 62 valence electrons. The Hall–Kier alpha value is -1.25. The van der Waals surface area contributed by atoms with Gasteiger partial charge in [0.05, 0.1) is 0 Å². The first kappa shape index (κ1) is 10.8. The molecule has 0 unspecified atom stereocenters. The molecule has 0 atom stereocenters. The molecule has 12 heavy (non-hydrogen) atoms. The van der Waals surface area contributed by atoms with Gasteiger partial charge in [-0.3, -0.25) is 4.79 Å². The van der Waals surface area contributed by atoms with Crippen molar-refractivity contribution in [1.29, 1.82) is 0 Å². The minimum atomic E-state index is -0.0666. The Kier molecular flexibility index (Phi) is 5.79. The van der Waals surface area contributed by atoms with Crippen LogP contribution < -0.4 is 0 Å². The Morgan fingerprint density at radius 2 is 1.83 bits per heavy atom. The SMILES string of the molecule is C=[N+]=[N-].O=C(Br)c1ccccc1. The first-order chi connectivity index (χ1) is 5.72. The molecule has 1 rings (SSSR count). The van der Waals surface area contributed by atoms with Gasteiger partial charge < -0.3 is 5.53 Å². The lowest BCUT2D eigenvalue weighted by atomic mass is 10.2. The summed E-state index contributed by atoms with van der Waals surface area (Å²) in [6.07, 6.45) is 0. The van der Waals surface area contributed by atoms with Crippen LogP contribution in [0.1, 0.15) is 10.4 Å². The molecule has 1 aromatic rings. The molecule has 0 amide bonds. The molecule has 0 N–H and O–H groups in total. The maximum atomic E-state index is 10.6. The van der Waals surface area contributed by atoms with Gasteiger partial charge in [-0.05, 0) is 15.9 Å². The number of carbonyl (C=O) groups excluding carboxylic acids is 1. The second-order valence-corrected chi connectivity index (χ2v) is 2.50. The summed E-state index contributed by atoms with van der Waals surface area (Å²) in [5.74, 6) is 0. The predicted molar refractivity (Wildman–Crippen MR) is 50.4 cm³/mol. The van der Waals surface area contributed by atoms with E-state index in [1.54, 1.807) is 12.1 Å². The average Bonchev–Trinajstić information content (AvgIpc) is 2.07. The molecule has 4 heteroatoms. The number of benzene rings is 1. The molecule has 0 radical (unpaired) electrons. The molecule has 0 fully saturated rings. The van der Waals surface area contributed by atoms with Gasteiger partial charge in [0.2, 0.25) is 11.4 Å². The normalized spacial score (nSPS) is 7.42. The van der Waals surface area contributed by atoms with Crippen molar-refractivity contribution in [2.45, 2.75) is 0 Å². The van der Waals surface area contributed by atoms with Crippen molar-refractivity contribution >= 4 is 27.3 Å². The van der Waals surface area contributed by atoms with E-state index >= 15 is 0 Å². The fourth-order valence-corrected chi connectivity index (χ4v) is 0.834. The van der Waals surface area contributed by atoms with Crippen molar-refractivity contribution < 1.29 is 9.58 Å². The van der Waals surface area contributed by atoms with Gasteiger partial charge in [-0.1, -0.05) is 30.3 Å². The molecule has 0 aliphatic rings. The molecule has 1 aromatic carbocycles. The smallest absolute Gasteiger partial charge is 0.245 e. The molecule has 3 nitrogen and oxygen atoms in total. The number of halogens is 1. The quantitative estimate of drug-likeness (QED) is 0.314. The first-order valence-corrected chi connectivity index (χ1v) is 3.86. The number of carbonyl (C=O) groups is 1. The van der Waals surface area contributed by atoms with Crippen LogP contribution in [0.25, 0.3) is 5.53 Å². The Balaban J connectivity index is 0.000000354. The molecule has 0 aliphatic carbocycles. The number of nitrogens with zero attached hydrogens (tertiary/aromatic N) is 2. The highest BCUT2D eigenvalue weighted by Crippen LogP contribution is 2.03. The third-order valence-corrected chi connectivity index (χ3v) is 1.46. The molecular formula is C8H7BrN2O. The topological polar surface area (TPSA) is 53.5 Å². The minimum absolute atomic E-state index is 0.0666. The average molecular weight is 227 g/mol. The summed E-state index contributed by atoms with van der Waals surface area (Å²) in [7, 11) is 0. The highest BCUT2D eigenvalue weighted by atomic mass is 79.9. The molecular weight excluding hydrogens is 220 g/mol. The van der Waals surface area contributed by atoms with E-state index in [9.17, 15) is 4.79 Å². The Labute approximate surface area is 78.8 Å². The molecule has 0 saturated carbocycles. The van der Waals surface area contributed by atoms with Crippen molar-refractivity contribution in [2.24, 2.45) is 0 Å². The van der Waals surface area contributed by atoms with E-state index < -0.39 is 0 Å². The minimum Gasteiger partial charge on any atom is -0.362 e. The van der Waals surface area contributed by atoms with Gasteiger partial charge >= 0.3 is 0 Å². The van der Waals surface area contributed by atoms with Crippen LogP contribution in [-0.2, 0) is 0 Å². The fraction of sp³-hybridized carbons (Fsp3) is 0. The third kappa shape index (κ3) is 4.55. The zero-order valence-corrected chi connectivity index (χ0v) is 7.86. The molecule has 0 spiro atoms. The van der Waals surface area contributed by atoms with Gasteiger partial charge in [-0.2, -0.15) is 4.79 Å². The lowest BCUT2D eigenvalue weighted by Crippen LogP contribution is -1.83. The van der Waals surface area contributed by atoms with Crippen molar-refractivity contribution in [1.82, 2.24) is 0 Å². The summed E-state index contributed by atoms with van der Waals surface area (Å²) < 4.78 is -0.0666. The van der Waals surface area contributed by atoms with Crippen molar-refractivity contribution in [3.8, 4) is 0 Å². The van der Waals surface area contributed by atoms with Crippen molar-refractivity contribution in [3.05, 3.63) is 41.4 Å². The molecule has 0 aliphatic heterocycles. The van der Waals surface area contributed by atoms with Crippen LogP contribution >= 0.6 is 15.9 Å². The Morgan fingerprint density at radius 3 is 2.08 bits per heavy atom. The molecule has 0 saturated heterocycles. The number of hydrogen-bond acceptors (Lipinski definition) is 1. The molecule has 0 aromatic heterocycles. The highest BCUT2D eigenvalue weighted by Gasteiger charge is 1.95. The molecule has 0 bridgehead atoms. The van der Waals surface area contributed by atoms with E-state index in [0.29, 0.717) is 5.56 Å². The maximum Gasteiger partial charge on any atom is 0.245 e. The van der Waals surface area contributed by atoms with Gasteiger partial charge in [0.1, 0.15) is 0 Å². The van der Waals surface area contributed by atoms with Gasteiger partial charge in [-0.25, -0.2) is 0 Å². The van der Waals surface area contributed by atoms with Gasteiger partial charge in [0.15, 0.2) is 0 Å². The molecule has 0 heterocycles. The first-order valence-electron chi connectivity index (χ1n) is 3.07. The van der Waals surface area contributed by atoms with E-state index in [-0.39, 0.29) is 4.69 Å². The van der Waals surface area contributed by atoms with E-state index in [0.717, 1.165) is 0 Å². The number of hydrogen-bond donors (Lipinski definition) is 0. The van der Waals surface area contributed by atoms with Crippen LogP contribution in [0, 0.1) is 0 Å². The van der Waals surface area contributed by atoms with Gasteiger partial charge in [0.25, 0.3) is 0 Å². The van der Waals surface area contributed by atoms with Crippen molar-refractivity contribution in [3.63, 3.8) is 0 Å². The summed E-state index contributed by atoms with van der Waals surface area (Å²) in [4.78, 5) is 12.8. The number of rotatable bonds is 1. The predicted octanol–water partition coefficient (Wildman–Crippen LogP) is 2.14. The Bertz CT molecular complexity index is 278. The fourth-order valence-electron chi connectivity index (χ4n) is 0.569. The largest absolute Gasteiger partial charge is 0.362 e. The maximum absolute atomic E-state index is 10.6. The Morgan fingerprint density at radius 1 is 1.42 bits per heavy atom. The van der Waals surface area contributed by atoms with E-state index in [1.165, 1.54) is 0 Å². The lowest BCUT2D eigenvalue weighted by molar-refractivity contribution is 0.0110. The van der Waals surface area contributed by atoms with Crippen LogP contribution in [0.3, 0.4) is 0 Å². The zero-order valence-electron chi connectivity index (χ0n) is 6.27. The van der Waals surface area contributed by atoms with Crippen LogP contribution in [0.2, 0.25) is 0 Å². The highest BCUT2D eigenvalue weighted by molar-refractivity contribution is 9.18. The third-order valence-electron chi connectivity index (χ3n) is 1.00. The standard InChI is InChI=1S/C7H5BrO.CH2N2/c8-7(9)6-4-2-1-3-5-6;1-3-2/h1-5H;1H2. The van der Waals surface area contributed by atoms with Gasteiger partial charge in [-0.15, -0.1) is 0 Å². The monoisotopic (exact) mass is 226 g/mol. The van der Waals surface area contributed by atoms with Gasteiger partial charge in [0, 0.05) is 5.56 Å². The summed E-state index contributed by atoms with van der Waals surface area (Å²) in [5, 5.41) is 0. The van der Waals surface area contributed by atoms with Crippen molar-refractivity contribution in [2.75, 3.05) is 0 Å². The summed E-state index contributed by atoms with van der Waals surface area (Å²) in [6, 6.07) is 9.05. The lowest BCUT2D eigenvalue weighted by Gasteiger charge is -1.87. The zero-order chi connectivity index (χ0) is 9.40. The van der Waals surface area contributed by atoms with Crippen LogP contribution in [0.4, 0.5) is 0 Å².